The van der Waals surface area contributed by atoms with Gasteiger partial charge in [-0.3, -0.25) is 4.79 Å². The van der Waals surface area contributed by atoms with Crippen molar-refractivity contribution in [1.82, 2.24) is 5.32 Å². The Morgan fingerprint density at radius 3 is 2.31 bits per heavy atom. The molecule has 0 saturated heterocycles. The minimum atomic E-state index is -0.174. The quantitative estimate of drug-likeness (QED) is 0.650. The van der Waals surface area contributed by atoms with Gasteiger partial charge in [-0.1, -0.05) is 40.5 Å². The second kappa shape index (κ2) is 8.57. The summed E-state index contributed by atoms with van der Waals surface area (Å²) in [5, 5.41) is 3.41. The Labute approximate surface area is 99.9 Å². The first-order valence-corrected chi connectivity index (χ1v) is 6.40. The highest BCUT2D eigenvalue weighted by atomic mass is 16.5. The van der Waals surface area contributed by atoms with Crippen LogP contribution in [-0.2, 0) is 9.53 Å². The maximum atomic E-state index is 11.6. The first kappa shape index (κ1) is 15.4. The Morgan fingerprint density at radius 2 is 1.94 bits per heavy atom. The number of methoxy groups -OCH3 is 1. The lowest BCUT2D eigenvalue weighted by Gasteiger charge is -2.25. The Morgan fingerprint density at radius 1 is 1.31 bits per heavy atom. The van der Waals surface area contributed by atoms with Crippen molar-refractivity contribution in [3.8, 4) is 0 Å². The van der Waals surface area contributed by atoms with Gasteiger partial charge in [-0.2, -0.15) is 0 Å². The highest BCUT2D eigenvalue weighted by Crippen LogP contribution is 2.10. The molecule has 0 aromatic carbocycles. The number of carbonyl (C=O) groups excluding carboxylic acids is 1. The molecular formula is C13H27NO2. The van der Waals surface area contributed by atoms with Crippen LogP contribution in [0.5, 0.6) is 0 Å². The van der Waals surface area contributed by atoms with E-state index in [1.807, 2.05) is 13.8 Å². The molecule has 1 N–H and O–H groups in total. The molecule has 0 amide bonds. The largest absolute Gasteiger partial charge is 0.468 e. The summed E-state index contributed by atoms with van der Waals surface area (Å²) < 4.78 is 4.82. The number of unbranched alkanes of at least 4 members (excludes halogenated alkanes) is 1. The number of hydrogen-bond donors (Lipinski definition) is 1. The number of carbonyl (C=O) groups is 1. The molecule has 0 aliphatic heterocycles. The van der Waals surface area contributed by atoms with Gasteiger partial charge in [-0.15, -0.1) is 0 Å². The number of nitrogens with one attached hydrogen (secondary N) is 1. The lowest BCUT2D eigenvalue weighted by Crippen LogP contribution is -2.46. The minimum absolute atomic E-state index is 0.148. The van der Waals surface area contributed by atoms with Crippen LogP contribution in [0.4, 0.5) is 0 Å². The van der Waals surface area contributed by atoms with Gasteiger partial charge in [-0.05, 0) is 18.8 Å². The summed E-state index contributed by atoms with van der Waals surface area (Å²) >= 11 is 0. The van der Waals surface area contributed by atoms with Crippen molar-refractivity contribution < 1.29 is 9.53 Å². The zero-order chi connectivity index (χ0) is 12.6. The minimum Gasteiger partial charge on any atom is -0.468 e. The molecular weight excluding hydrogens is 202 g/mol. The maximum absolute atomic E-state index is 11.6. The topological polar surface area (TPSA) is 38.3 Å². The molecule has 96 valence electrons. The highest BCUT2D eigenvalue weighted by Gasteiger charge is 2.24. The Bertz CT molecular complexity index is 192. The second-order valence-electron chi connectivity index (χ2n) is 4.66. The number of esters is 1. The fourth-order valence-electron chi connectivity index (χ4n) is 1.77. The van der Waals surface area contributed by atoms with Crippen LogP contribution >= 0.6 is 0 Å². The lowest BCUT2D eigenvalue weighted by atomic mass is 10.0. The molecule has 0 aliphatic carbocycles. The molecule has 0 spiro atoms. The standard InChI is InChI=1S/C13H27NO2/c1-6-8-9-11(7-2)14-12(10(3)4)13(15)16-5/h10-12,14H,6-9H2,1-5H3/t11?,12-/m0/s1. The van der Waals surface area contributed by atoms with Crippen LogP contribution in [0, 0.1) is 5.92 Å². The molecule has 0 aliphatic rings. The molecule has 0 heterocycles. The molecule has 3 heteroatoms. The summed E-state index contributed by atoms with van der Waals surface area (Å²) in [7, 11) is 1.45. The monoisotopic (exact) mass is 229 g/mol. The summed E-state index contributed by atoms with van der Waals surface area (Å²) in [5.74, 6) is 0.119. The molecule has 0 bridgehead atoms. The van der Waals surface area contributed by atoms with E-state index in [9.17, 15) is 4.79 Å². The third kappa shape index (κ3) is 5.50. The summed E-state index contributed by atoms with van der Waals surface area (Å²) in [6.45, 7) is 8.43. The van der Waals surface area contributed by atoms with Crippen molar-refractivity contribution in [2.24, 2.45) is 5.92 Å². The number of ether oxygens (including phenoxy) is 1. The van der Waals surface area contributed by atoms with E-state index in [0.29, 0.717) is 6.04 Å². The maximum Gasteiger partial charge on any atom is 0.323 e. The van der Waals surface area contributed by atoms with Crippen LogP contribution in [0.3, 0.4) is 0 Å². The summed E-state index contributed by atoms with van der Waals surface area (Å²) in [5.41, 5.74) is 0. The van der Waals surface area contributed by atoms with E-state index in [1.165, 1.54) is 20.0 Å². The average molecular weight is 229 g/mol. The molecule has 1 unspecified atom stereocenters. The third-order valence-electron chi connectivity index (χ3n) is 2.94. The normalized spacial score (nSPS) is 14.9. The van der Waals surface area contributed by atoms with Crippen LogP contribution in [0.25, 0.3) is 0 Å². The molecule has 0 saturated carbocycles. The van der Waals surface area contributed by atoms with Gasteiger partial charge < -0.3 is 10.1 Å². The molecule has 0 rings (SSSR count). The van der Waals surface area contributed by atoms with Crippen LogP contribution < -0.4 is 5.32 Å². The predicted octanol–water partition coefficient (Wildman–Crippen LogP) is 2.74. The van der Waals surface area contributed by atoms with E-state index in [0.717, 1.165) is 12.8 Å². The van der Waals surface area contributed by atoms with E-state index in [-0.39, 0.29) is 17.9 Å². The van der Waals surface area contributed by atoms with E-state index >= 15 is 0 Å². The van der Waals surface area contributed by atoms with E-state index in [4.69, 9.17) is 4.74 Å². The Hall–Kier alpha value is -0.570. The molecule has 0 aromatic heterocycles. The van der Waals surface area contributed by atoms with Crippen LogP contribution in [0.2, 0.25) is 0 Å². The van der Waals surface area contributed by atoms with E-state index < -0.39 is 0 Å². The lowest BCUT2D eigenvalue weighted by molar-refractivity contribution is -0.144. The molecule has 16 heavy (non-hydrogen) atoms. The van der Waals surface area contributed by atoms with Gasteiger partial charge in [-0.25, -0.2) is 0 Å². The Balaban J connectivity index is 4.29. The van der Waals surface area contributed by atoms with Gasteiger partial charge in [0.25, 0.3) is 0 Å². The fraction of sp³-hybridized carbons (Fsp3) is 0.923. The van der Waals surface area contributed by atoms with Gasteiger partial charge in [0.1, 0.15) is 6.04 Å². The smallest absolute Gasteiger partial charge is 0.323 e. The second-order valence-corrected chi connectivity index (χ2v) is 4.66. The van der Waals surface area contributed by atoms with E-state index in [2.05, 4.69) is 19.2 Å². The van der Waals surface area contributed by atoms with Crippen LogP contribution in [0.15, 0.2) is 0 Å². The van der Waals surface area contributed by atoms with Gasteiger partial charge in [0.15, 0.2) is 0 Å². The van der Waals surface area contributed by atoms with Gasteiger partial charge in [0.05, 0.1) is 7.11 Å². The predicted molar refractivity (Wildman–Crippen MR) is 67.4 cm³/mol. The molecule has 0 fully saturated rings. The summed E-state index contributed by atoms with van der Waals surface area (Å²) in [6, 6.07) is 0.248. The van der Waals surface area contributed by atoms with Crippen molar-refractivity contribution in [3.63, 3.8) is 0 Å². The average Bonchev–Trinajstić information content (AvgIpc) is 2.28. The molecule has 3 nitrogen and oxygen atoms in total. The summed E-state index contributed by atoms with van der Waals surface area (Å²) in [6.07, 6.45) is 4.59. The number of rotatable bonds is 8. The summed E-state index contributed by atoms with van der Waals surface area (Å²) in [4.78, 5) is 11.6. The number of hydrogen-bond acceptors (Lipinski definition) is 3. The van der Waals surface area contributed by atoms with Gasteiger partial charge in [0, 0.05) is 6.04 Å². The Kier molecular flexibility index (Phi) is 8.26. The van der Waals surface area contributed by atoms with Crippen LogP contribution in [0.1, 0.15) is 53.4 Å². The fourth-order valence-corrected chi connectivity index (χ4v) is 1.77. The van der Waals surface area contributed by atoms with Crippen molar-refractivity contribution in [2.45, 2.75) is 65.5 Å². The zero-order valence-corrected chi connectivity index (χ0v) is 11.4. The first-order valence-electron chi connectivity index (χ1n) is 6.40. The molecule has 2 atom stereocenters. The van der Waals surface area contributed by atoms with Crippen LogP contribution in [-0.4, -0.2) is 25.2 Å². The highest BCUT2D eigenvalue weighted by molar-refractivity contribution is 5.75. The van der Waals surface area contributed by atoms with Gasteiger partial charge in [0.2, 0.25) is 0 Å². The van der Waals surface area contributed by atoms with E-state index in [1.54, 1.807) is 0 Å². The molecule has 0 aromatic rings. The SMILES string of the molecule is CCCCC(CC)N[C@H](C(=O)OC)C(C)C. The third-order valence-corrected chi connectivity index (χ3v) is 2.94. The van der Waals surface area contributed by atoms with Crippen molar-refractivity contribution >= 4 is 5.97 Å². The first-order chi connectivity index (χ1) is 7.56. The zero-order valence-electron chi connectivity index (χ0n) is 11.4. The van der Waals surface area contributed by atoms with Crippen molar-refractivity contribution in [2.75, 3.05) is 7.11 Å². The van der Waals surface area contributed by atoms with Crippen molar-refractivity contribution in [1.29, 1.82) is 0 Å². The molecule has 0 radical (unpaired) electrons. The van der Waals surface area contributed by atoms with Gasteiger partial charge >= 0.3 is 5.97 Å². The van der Waals surface area contributed by atoms with Crippen molar-refractivity contribution in [3.05, 3.63) is 0 Å².